The van der Waals surface area contributed by atoms with Crippen molar-refractivity contribution in [2.24, 2.45) is 5.84 Å². The summed E-state index contributed by atoms with van der Waals surface area (Å²) in [6.45, 7) is 0. The van der Waals surface area contributed by atoms with Crippen molar-refractivity contribution in [1.82, 2.24) is 4.98 Å². The number of aromatic nitrogens is 1. The fourth-order valence-corrected chi connectivity index (χ4v) is 1.62. The molecule has 2 rings (SSSR count). The molecule has 0 aliphatic carbocycles. The van der Waals surface area contributed by atoms with Gasteiger partial charge in [-0.1, -0.05) is 6.07 Å². The summed E-state index contributed by atoms with van der Waals surface area (Å²) in [6.07, 6.45) is 1.70. The lowest BCUT2D eigenvalue weighted by atomic mass is 10.2. The fraction of sp³-hybridized carbons (Fsp3) is 0.154. The molecule has 1 aromatic heterocycles. The first-order chi connectivity index (χ1) is 8.69. The van der Waals surface area contributed by atoms with E-state index in [9.17, 15) is 0 Å². The molecule has 18 heavy (non-hydrogen) atoms. The number of nitrogens with one attached hydrogen (secondary N) is 2. The van der Waals surface area contributed by atoms with Crippen LogP contribution in [0.25, 0.3) is 0 Å². The Morgan fingerprint density at radius 1 is 1.11 bits per heavy atom. The normalized spacial score (nSPS) is 9.94. The lowest BCUT2D eigenvalue weighted by Gasteiger charge is -2.14. The number of nitrogens with zero attached hydrogens (tertiary/aromatic N) is 2. The maximum atomic E-state index is 5.33. The summed E-state index contributed by atoms with van der Waals surface area (Å²) in [4.78, 5) is 6.12. The molecule has 94 valence electrons. The molecular formula is C13H17N5. The predicted molar refractivity (Wildman–Crippen MR) is 76.1 cm³/mol. The maximum absolute atomic E-state index is 5.33. The zero-order valence-electron chi connectivity index (χ0n) is 10.5. The van der Waals surface area contributed by atoms with Gasteiger partial charge in [-0.15, -0.1) is 0 Å². The quantitative estimate of drug-likeness (QED) is 0.567. The third kappa shape index (κ3) is 2.89. The molecule has 5 heteroatoms. The van der Waals surface area contributed by atoms with Gasteiger partial charge in [0.25, 0.3) is 0 Å². The van der Waals surface area contributed by atoms with Crippen molar-refractivity contribution in [2.45, 2.75) is 0 Å². The molecule has 0 saturated carbocycles. The van der Waals surface area contributed by atoms with Crippen molar-refractivity contribution < 1.29 is 0 Å². The van der Waals surface area contributed by atoms with Gasteiger partial charge in [-0.3, -0.25) is 0 Å². The zero-order valence-corrected chi connectivity index (χ0v) is 10.5. The summed E-state index contributed by atoms with van der Waals surface area (Å²) in [7, 11) is 4.03. The molecular weight excluding hydrogens is 226 g/mol. The van der Waals surface area contributed by atoms with E-state index in [1.54, 1.807) is 6.20 Å². The molecule has 4 N–H and O–H groups in total. The number of benzene rings is 1. The topological polar surface area (TPSA) is 66.2 Å². The van der Waals surface area contributed by atoms with Gasteiger partial charge in [0.15, 0.2) is 0 Å². The lowest BCUT2D eigenvalue weighted by molar-refractivity contribution is 1.13. The first-order valence-corrected chi connectivity index (χ1v) is 5.66. The number of hydrogen-bond donors (Lipinski definition) is 3. The Morgan fingerprint density at radius 2 is 1.89 bits per heavy atom. The second kappa shape index (κ2) is 5.37. The Bertz CT molecular complexity index is 524. The highest BCUT2D eigenvalue weighted by Gasteiger charge is 1.99. The smallest absolute Gasteiger partial charge is 0.141 e. The number of nitrogens with two attached hydrogens (primary N) is 1. The number of hydrazine groups is 1. The molecule has 5 nitrogen and oxygen atoms in total. The van der Waals surface area contributed by atoms with Crippen molar-refractivity contribution in [3.63, 3.8) is 0 Å². The molecule has 0 spiro atoms. The van der Waals surface area contributed by atoms with E-state index in [1.165, 1.54) is 0 Å². The third-order valence-corrected chi connectivity index (χ3v) is 2.56. The van der Waals surface area contributed by atoms with Gasteiger partial charge < -0.3 is 15.6 Å². The van der Waals surface area contributed by atoms with Crippen molar-refractivity contribution in [2.75, 3.05) is 29.7 Å². The van der Waals surface area contributed by atoms with Gasteiger partial charge in [-0.25, -0.2) is 10.8 Å². The van der Waals surface area contributed by atoms with Gasteiger partial charge in [0.05, 0.1) is 0 Å². The lowest BCUT2D eigenvalue weighted by Crippen LogP contribution is -2.09. The van der Waals surface area contributed by atoms with Gasteiger partial charge in [-0.2, -0.15) is 0 Å². The van der Waals surface area contributed by atoms with Gasteiger partial charge >= 0.3 is 0 Å². The van der Waals surface area contributed by atoms with Crippen LogP contribution < -0.4 is 21.5 Å². The summed E-state index contributed by atoms with van der Waals surface area (Å²) in [5.41, 5.74) is 5.63. The average molecular weight is 243 g/mol. The van der Waals surface area contributed by atoms with Crippen molar-refractivity contribution in [3.8, 4) is 0 Å². The molecule has 0 aliphatic rings. The summed E-state index contributed by atoms with van der Waals surface area (Å²) in [6, 6.07) is 11.9. The van der Waals surface area contributed by atoms with E-state index >= 15 is 0 Å². The Balaban J connectivity index is 2.20. The molecule has 0 unspecified atom stereocenters. The van der Waals surface area contributed by atoms with E-state index in [0.29, 0.717) is 5.82 Å². The van der Waals surface area contributed by atoms with E-state index < -0.39 is 0 Å². The van der Waals surface area contributed by atoms with E-state index in [-0.39, 0.29) is 0 Å². The Morgan fingerprint density at radius 3 is 2.61 bits per heavy atom. The van der Waals surface area contributed by atoms with Gasteiger partial charge in [0.1, 0.15) is 5.82 Å². The molecule has 0 saturated heterocycles. The predicted octanol–water partition coefficient (Wildman–Crippen LogP) is 2.18. The van der Waals surface area contributed by atoms with Crippen LogP contribution in [0.2, 0.25) is 0 Å². The summed E-state index contributed by atoms with van der Waals surface area (Å²) >= 11 is 0. The third-order valence-electron chi connectivity index (χ3n) is 2.56. The highest BCUT2D eigenvalue weighted by molar-refractivity contribution is 5.66. The van der Waals surface area contributed by atoms with E-state index in [2.05, 4.69) is 32.8 Å². The summed E-state index contributed by atoms with van der Waals surface area (Å²) < 4.78 is 0. The SMILES string of the molecule is CN(C)c1cccc(Nc2ccnc(NN)c2)c1. The van der Waals surface area contributed by atoms with Crippen LogP contribution >= 0.6 is 0 Å². The van der Waals surface area contributed by atoms with Crippen LogP contribution in [0.1, 0.15) is 0 Å². The number of anilines is 4. The second-order valence-corrected chi connectivity index (χ2v) is 4.14. The van der Waals surface area contributed by atoms with Crippen molar-refractivity contribution in [3.05, 3.63) is 42.6 Å². The Hall–Kier alpha value is -2.27. The van der Waals surface area contributed by atoms with Gasteiger partial charge in [0.2, 0.25) is 0 Å². The van der Waals surface area contributed by atoms with Crippen molar-refractivity contribution in [1.29, 1.82) is 0 Å². The minimum Gasteiger partial charge on any atom is -0.378 e. The molecule has 1 heterocycles. The largest absolute Gasteiger partial charge is 0.378 e. The zero-order chi connectivity index (χ0) is 13.0. The van der Waals surface area contributed by atoms with Crippen LogP contribution in [0.3, 0.4) is 0 Å². The van der Waals surface area contributed by atoms with Gasteiger partial charge in [0, 0.05) is 43.4 Å². The molecule has 0 radical (unpaired) electrons. The van der Waals surface area contributed by atoms with Crippen LogP contribution in [0.5, 0.6) is 0 Å². The second-order valence-electron chi connectivity index (χ2n) is 4.14. The molecule has 0 bridgehead atoms. The first-order valence-electron chi connectivity index (χ1n) is 5.66. The van der Waals surface area contributed by atoms with Crippen LogP contribution in [0, 0.1) is 0 Å². The first kappa shape index (κ1) is 12.2. The highest BCUT2D eigenvalue weighted by atomic mass is 15.2. The average Bonchev–Trinajstić information content (AvgIpc) is 2.39. The van der Waals surface area contributed by atoms with Crippen molar-refractivity contribution >= 4 is 22.9 Å². The monoisotopic (exact) mass is 243 g/mol. The van der Waals surface area contributed by atoms with E-state index in [0.717, 1.165) is 17.1 Å². The standard InChI is InChI=1S/C13H17N5/c1-18(2)12-5-3-4-10(8-12)16-11-6-7-15-13(9-11)17-14/h3-9H,14H2,1-2H3,(H2,15,16,17). The molecule has 0 atom stereocenters. The number of pyridine rings is 1. The number of rotatable bonds is 4. The molecule has 0 amide bonds. The minimum atomic E-state index is 0.628. The van der Waals surface area contributed by atoms with Crippen LogP contribution in [0.15, 0.2) is 42.6 Å². The Kier molecular flexibility index (Phi) is 3.64. The number of hydrogen-bond acceptors (Lipinski definition) is 5. The summed E-state index contributed by atoms with van der Waals surface area (Å²) in [5.74, 6) is 5.96. The van der Waals surface area contributed by atoms with Crippen LogP contribution in [-0.2, 0) is 0 Å². The molecule has 0 aliphatic heterocycles. The Labute approximate surface area is 107 Å². The van der Waals surface area contributed by atoms with E-state index in [1.807, 2.05) is 38.4 Å². The molecule has 2 aromatic rings. The van der Waals surface area contributed by atoms with Crippen LogP contribution in [-0.4, -0.2) is 19.1 Å². The minimum absolute atomic E-state index is 0.628. The summed E-state index contributed by atoms with van der Waals surface area (Å²) in [5, 5.41) is 3.31. The van der Waals surface area contributed by atoms with E-state index in [4.69, 9.17) is 5.84 Å². The fourth-order valence-electron chi connectivity index (χ4n) is 1.62. The molecule has 1 aromatic carbocycles. The highest BCUT2D eigenvalue weighted by Crippen LogP contribution is 2.22. The van der Waals surface area contributed by atoms with Crippen LogP contribution in [0.4, 0.5) is 22.9 Å². The molecule has 0 fully saturated rings. The van der Waals surface area contributed by atoms with Gasteiger partial charge in [-0.05, 0) is 24.3 Å². The maximum Gasteiger partial charge on any atom is 0.141 e. The number of nitrogen functional groups attached to an aromatic ring is 1.